The van der Waals surface area contributed by atoms with Crippen molar-refractivity contribution in [2.24, 2.45) is 7.05 Å². The van der Waals surface area contributed by atoms with E-state index in [4.69, 9.17) is 4.74 Å². The molecular formula is C16H23N5O2. The zero-order valence-electron chi connectivity index (χ0n) is 14.0. The van der Waals surface area contributed by atoms with Crippen molar-refractivity contribution in [2.75, 3.05) is 19.7 Å². The molecule has 0 bridgehead atoms. The highest BCUT2D eigenvalue weighted by Crippen LogP contribution is 2.32. The molecule has 1 amide bonds. The van der Waals surface area contributed by atoms with E-state index in [1.165, 1.54) is 0 Å². The fraction of sp³-hybridized carbons (Fsp3) is 0.562. The number of rotatable bonds is 3. The first-order chi connectivity index (χ1) is 10.8. The second-order valence-corrected chi connectivity index (χ2v) is 6.80. The maximum Gasteiger partial charge on any atom is 0.234 e. The Bertz CT molecular complexity index is 691. The smallest absolute Gasteiger partial charge is 0.234 e. The van der Waals surface area contributed by atoms with Crippen LogP contribution in [0.4, 0.5) is 0 Å². The lowest BCUT2D eigenvalue weighted by atomic mass is 9.86. The number of aryl methyl sites for hydroxylation is 1. The summed E-state index contributed by atoms with van der Waals surface area (Å²) in [4.78, 5) is 22.0. The van der Waals surface area contributed by atoms with E-state index in [1.54, 1.807) is 23.4 Å². The average Bonchev–Trinajstić information content (AvgIpc) is 3.18. The van der Waals surface area contributed by atoms with Gasteiger partial charge < -0.3 is 14.6 Å². The van der Waals surface area contributed by atoms with Crippen LogP contribution in [0, 0.1) is 0 Å². The van der Waals surface area contributed by atoms with Gasteiger partial charge in [-0.1, -0.05) is 0 Å². The van der Waals surface area contributed by atoms with Gasteiger partial charge in [-0.2, -0.15) is 5.10 Å². The quantitative estimate of drug-likeness (QED) is 0.923. The molecule has 1 N–H and O–H groups in total. The highest BCUT2D eigenvalue weighted by Gasteiger charge is 2.42. The van der Waals surface area contributed by atoms with Gasteiger partial charge in [-0.15, -0.1) is 0 Å². The van der Waals surface area contributed by atoms with Gasteiger partial charge in [-0.25, -0.2) is 4.98 Å². The average molecular weight is 317 g/mol. The molecule has 0 saturated carbocycles. The number of ether oxygens (including phenoxy) is 1. The number of carbonyl (C=O) groups excluding carboxylic acids is 1. The lowest BCUT2D eigenvalue weighted by molar-refractivity contribution is -0.154. The van der Waals surface area contributed by atoms with Gasteiger partial charge in [0.15, 0.2) is 0 Å². The van der Waals surface area contributed by atoms with Crippen LogP contribution in [0.15, 0.2) is 24.9 Å². The molecule has 0 radical (unpaired) electrons. The van der Waals surface area contributed by atoms with Crippen molar-refractivity contribution >= 4 is 5.91 Å². The molecule has 0 aromatic carbocycles. The van der Waals surface area contributed by atoms with Gasteiger partial charge in [-0.3, -0.25) is 9.48 Å². The number of H-pyrrole nitrogens is 1. The van der Waals surface area contributed by atoms with E-state index in [9.17, 15) is 4.79 Å². The van der Waals surface area contributed by atoms with E-state index in [0.29, 0.717) is 19.7 Å². The predicted octanol–water partition coefficient (Wildman–Crippen LogP) is 1.19. The van der Waals surface area contributed by atoms with Gasteiger partial charge in [0.25, 0.3) is 0 Å². The fourth-order valence-electron chi connectivity index (χ4n) is 3.02. The second-order valence-electron chi connectivity index (χ2n) is 6.80. The highest BCUT2D eigenvalue weighted by molar-refractivity contribution is 5.87. The summed E-state index contributed by atoms with van der Waals surface area (Å²) in [5.41, 5.74) is 0.615. The van der Waals surface area contributed by atoms with Gasteiger partial charge in [0.2, 0.25) is 5.91 Å². The predicted molar refractivity (Wildman–Crippen MR) is 84.7 cm³/mol. The number of hydrogen-bond donors (Lipinski definition) is 1. The van der Waals surface area contributed by atoms with Crippen molar-refractivity contribution in [3.05, 3.63) is 36.2 Å². The van der Waals surface area contributed by atoms with Crippen molar-refractivity contribution in [3.63, 3.8) is 0 Å². The van der Waals surface area contributed by atoms with Crippen LogP contribution in [0.1, 0.15) is 32.0 Å². The fourth-order valence-corrected chi connectivity index (χ4v) is 3.02. The Hall–Kier alpha value is -2.15. The molecular weight excluding hydrogens is 294 g/mol. The van der Waals surface area contributed by atoms with E-state index in [-0.39, 0.29) is 5.91 Å². The van der Waals surface area contributed by atoms with Gasteiger partial charge in [-0.05, 0) is 20.8 Å². The van der Waals surface area contributed by atoms with Gasteiger partial charge in [0.05, 0.1) is 31.1 Å². The Balaban J connectivity index is 1.82. The Morgan fingerprint density at radius 3 is 2.83 bits per heavy atom. The Morgan fingerprint density at radius 2 is 2.22 bits per heavy atom. The van der Waals surface area contributed by atoms with Crippen LogP contribution in [0.3, 0.4) is 0 Å². The standard InChI is InChI=1S/C16H23N5O2/c1-15(2,13-8-17-11-18-13)14(22)21-5-6-23-16(3,10-21)12-7-19-20(4)9-12/h7-9,11H,5-6,10H2,1-4H3,(H,17,18). The minimum Gasteiger partial charge on any atom is -0.367 e. The van der Waals surface area contributed by atoms with E-state index in [2.05, 4.69) is 15.1 Å². The molecule has 3 heterocycles. The summed E-state index contributed by atoms with van der Waals surface area (Å²) in [6.45, 7) is 7.45. The van der Waals surface area contributed by atoms with Crippen LogP contribution < -0.4 is 0 Å². The SMILES string of the molecule is Cn1cc(C2(C)CN(C(=O)C(C)(C)c3cnc[nH]3)CCO2)cn1. The zero-order chi connectivity index (χ0) is 16.7. The third kappa shape index (κ3) is 2.76. The van der Waals surface area contributed by atoms with Gasteiger partial charge >= 0.3 is 0 Å². The summed E-state index contributed by atoms with van der Waals surface area (Å²) < 4.78 is 7.73. The largest absolute Gasteiger partial charge is 0.367 e. The molecule has 124 valence electrons. The van der Waals surface area contributed by atoms with Crippen LogP contribution in [0.5, 0.6) is 0 Å². The number of aromatic nitrogens is 4. The molecule has 7 nitrogen and oxygen atoms in total. The van der Waals surface area contributed by atoms with Crippen LogP contribution in [-0.2, 0) is 27.6 Å². The molecule has 0 aliphatic carbocycles. The van der Waals surface area contributed by atoms with Gasteiger partial charge in [0.1, 0.15) is 5.60 Å². The number of imidazole rings is 1. The number of morpholine rings is 1. The maximum absolute atomic E-state index is 13.0. The third-order valence-corrected chi connectivity index (χ3v) is 4.58. The van der Waals surface area contributed by atoms with Crippen molar-refractivity contribution < 1.29 is 9.53 Å². The Labute approximate surface area is 135 Å². The van der Waals surface area contributed by atoms with Gasteiger partial charge in [0, 0.05) is 37.2 Å². The lowest BCUT2D eigenvalue weighted by Gasteiger charge is -2.42. The molecule has 3 rings (SSSR count). The molecule has 0 spiro atoms. The van der Waals surface area contributed by atoms with Crippen molar-refractivity contribution in [1.82, 2.24) is 24.6 Å². The minimum atomic E-state index is -0.649. The van der Waals surface area contributed by atoms with E-state index >= 15 is 0 Å². The number of carbonyl (C=O) groups is 1. The molecule has 7 heteroatoms. The Kier molecular flexibility index (Phi) is 3.75. The zero-order valence-corrected chi connectivity index (χ0v) is 14.0. The van der Waals surface area contributed by atoms with Crippen LogP contribution in [-0.4, -0.2) is 50.3 Å². The topological polar surface area (TPSA) is 76.0 Å². The van der Waals surface area contributed by atoms with Crippen LogP contribution in [0.25, 0.3) is 0 Å². The summed E-state index contributed by atoms with van der Waals surface area (Å²) in [5.74, 6) is 0.0696. The van der Waals surface area contributed by atoms with Crippen molar-refractivity contribution in [3.8, 4) is 0 Å². The van der Waals surface area contributed by atoms with E-state index < -0.39 is 11.0 Å². The summed E-state index contributed by atoms with van der Waals surface area (Å²) >= 11 is 0. The van der Waals surface area contributed by atoms with Crippen molar-refractivity contribution in [1.29, 1.82) is 0 Å². The molecule has 2 aromatic rings. The highest BCUT2D eigenvalue weighted by atomic mass is 16.5. The normalized spacial score (nSPS) is 22.3. The van der Waals surface area contributed by atoms with Crippen molar-refractivity contribution in [2.45, 2.75) is 31.8 Å². The number of amides is 1. The lowest BCUT2D eigenvalue weighted by Crippen LogP contribution is -2.54. The second kappa shape index (κ2) is 5.49. The summed E-state index contributed by atoms with van der Waals surface area (Å²) in [6.07, 6.45) is 7.05. The third-order valence-electron chi connectivity index (χ3n) is 4.58. The van der Waals surface area contributed by atoms with Crippen LogP contribution >= 0.6 is 0 Å². The molecule has 23 heavy (non-hydrogen) atoms. The van der Waals surface area contributed by atoms with E-state index in [1.807, 2.05) is 38.9 Å². The molecule has 1 aliphatic heterocycles. The molecule has 1 unspecified atom stereocenters. The summed E-state index contributed by atoms with van der Waals surface area (Å²) in [5, 5.41) is 4.22. The number of aromatic amines is 1. The minimum absolute atomic E-state index is 0.0696. The monoisotopic (exact) mass is 317 g/mol. The summed E-state index contributed by atoms with van der Waals surface area (Å²) in [6, 6.07) is 0. The number of hydrogen-bond acceptors (Lipinski definition) is 4. The molecule has 1 fully saturated rings. The van der Waals surface area contributed by atoms with E-state index in [0.717, 1.165) is 11.3 Å². The maximum atomic E-state index is 13.0. The first-order valence-corrected chi connectivity index (χ1v) is 7.74. The first-order valence-electron chi connectivity index (χ1n) is 7.74. The molecule has 1 saturated heterocycles. The number of nitrogens with one attached hydrogen (secondary N) is 1. The molecule has 2 aromatic heterocycles. The molecule has 1 atom stereocenters. The summed E-state index contributed by atoms with van der Waals surface area (Å²) in [7, 11) is 1.87. The first kappa shape index (κ1) is 15.7. The number of nitrogens with zero attached hydrogens (tertiary/aromatic N) is 4. The van der Waals surface area contributed by atoms with Crippen LogP contribution in [0.2, 0.25) is 0 Å². The molecule has 1 aliphatic rings. The Morgan fingerprint density at radius 1 is 1.43 bits per heavy atom.